The third-order valence-corrected chi connectivity index (χ3v) is 7.99. The molecule has 128 valence electrons. The van der Waals surface area contributed by atoms with Gasteiger partial charge in [-0.15, -0.1) is 11.8 Å². The Morgan fingerprint density at radius 3 is 2.75 bits per heavy atom. The van der Waals surface area contributed by atoms with Gasteiger partial charge in [0, 0.05) is 23.3 Å². The molecule has 3 fully saturated rings. The second kappa shape index (κ2) is 5.60. The van der Waals surface area contributed by atoms with Crippen LogP contribution in [-0.2, 0) is 4.74 Å². The van der Waals surface area contributed by atoms with Crippen LogP contribution in [0.3, 0.4) is 0 Å². The van der Waals surface area contributed by atoms with Crippen LogP contribution in [0, 0.1) is 26.9 Å². The summed E-state index contributed by atoms with van der Waals surface area (Å²) >= 11 is 1.90. The largest absolute Gasteiger partial charge is 0.360 e. The quantitative estimate of drug-likeness (QED) is 0.578. The van der Waals surface area contributed by atoms with Crippen molar-refractivity contribution in [3.63, 3.8) is 0 Å². The molecule has 1 aromatic rings. The Bertz CT molecular complexity index is 684. The zero-order chi connectivity index (χ0) is 16.9. The standard InChI is InChI=1S/C19H23NO3S/c1-18(2)14-9-10-19(18)12-24-17(23-16(19)11-14)8-5-13-3-6-15(7-4-13)20(21)22/h3-8,14,16-17H,9-12H2,1-2H3/b8-5+/t14-,16-,17-,19-/m1/s1. The van der Waals surface area contributed by atoms with Crippen LogP contribution in [0.4, 0.5) is 5.69 Å². The zero-order valence-electron chi connectivity index (χ0n) is 14.1. The SMILES string of the molecule is CC1(C)[C@@H]2CC[C@]13CS[C@H](/C=C/c1ccc([N+](=O)[O-])cc1)O[C@@H]3C2. The maximum atomic E-state index is 10.7. The number of nitrogens with zero attached hydrogens (tertiary/aromatic N) is 1. The number of non-ortho nitro benzene ring substituents is 1. The molecular weight excluding hydrogens is 322 g/mol. The molecule has 1 spiro atoms. The van der Waals surface area contributed by atoms with Crippen molar-refractivity contribution in [1.29, 1.82) is 0 Å². The van der Waals surface area contributed by atoms with E-state index >= 15 is 0 Å². The molecule has 4 nitrogen and oxygen atoms in total. The van der Waals surface area contributed by atoms with Crippen LogP contribution < -0.4 is 0 Å². The number of nitro benzene ring substituents is 1. The zero-order valence-corrected chi connectivity index (χ0v) is 14.9. The van der Waals surface area contributed by atoms with Crippen molar-refractivity contribution in [3.8, 4) is 0 Å². The maximum Gasteiger partial charge on any atom is 0.269 e. The molecule has 2 saturated carbocycles. The summed E-state index contributed by atoms with van der Waals surface area (Å²) in [5.74, 6) is 1.98. The Morgan fingerprint density at radius 1 is 1.33 bits per heavy atom. The van der Waals surface area contributed by atoms with Crippen molar-refractivity contribution >= 4 is 23.5 Å². The van der Waals surface area contributed by atoms with Crippen molar-refractivity contribution in [3.05, 3.63) is 46.0 Å². The number of hydrogen-bond donors (Lipinski definition) is 0. The van der Waals surface area contributed by atoms with Crippen LogP contribution in [0.1, 0.15) is 38.7 Å². The molecule has 1 saturated heterocycles. The fourth-order valence-electron chi connectivity index (χ4n) is 4.96. The lowest BCUT2D eigenvalue weighted by Gasteiger charge is -2.46. The number of hydrogen-bond acceptors (Lipinski definition) is 4. The molecule has 1 heterocycles. The summed E-state index contributed by atoms with van der Waals surface area (Å²) < 4.78 is 6.42. The minimum Gasteiger partial charge on any atom is -0.360 e. The first-order valence-corrected chi connectivity index (χ1v) is 9.67. The summed E-state index contributed by atoms with van der Waals surface area (Å²) in [4.78, 5) is 10.3. The normalized spacial score (nSPS) is 36.8. The lowest BCUT2D eigenvalue weighted by molar-refractivity contribution is -0.384. The summed E-state index contributed by atoms with van der Waals surface area (Å²) in [5.41, 5.74) is 1.95. The van der Waals surface area contributed by atoms with Crippen molar-refractivity contribution in [2.45, 2.75) is 44.6 Å². The van der Waals surface area contributed by atoms with Gasteiger partial charge in [-0.05, 0) is 54.4 Å². The van der Waals surface area contributed by atoms with Crippen LogP contribution in [0.5, 0.6) is 0 Å². The van der Waals surface area contributed by atoms with E-state index in [-0.39, 0.29) is 16.0 Å². The first-order chi connectivity index (χ1) is 11.4. The lowest BCUT2D eigenvalue weighted by atomic mass is 9.69. The van der Waals surface area contributed by atoms with Gasteiger partial charge in [0.05, 0.1) is 11.0 Å². The number of ether oxygens (including phenoxy) is 1. The van der Waals surface area contributed by atoms with Gasteiger partial charge in [0.1, 0.15) is 5.44 Å². The van der Waals surface area contributed by atoms with E-state index in [0.717, 1.165) is 11.5 Å². The molecule has 2 aliphatic carbocycles. The minimum absolute atomic E-state index is 0.0889. The number of thioether (sulfide) groups is 1. The van der Waals surface area contributed by atoms with E-state index in [1.165, 1.54) is 25.0 Å². The number of fused-ring (bicyclic) bond motifs is 1. The van der Waals surface area contributed by atoms with E-state index < -0.39 is 0 Å². The van der Waals surface area contributed by atoms with Gasteiger partial charge in [-0.3, -0.25) is 10.1 Å². The highest BCUT2D eigenvalue weighted by Crippen LogP contribution is 2.69. The predicted molar refractivity (Wildman–Crippen MR) is 96.8 cm³/mol. The molecule has 24 heavy (non-hydrogen) atoms. The van der Waals surface area contributed by atoms with E-state index in [4.69, 9.17) is 4.74 Å². The Labute approximate surface area is 146 Å². The summed E-state index contributed by atoms with van der Waals surface area (Å²) in [6.07, 6.45) is 8.36. The van der Waals surface area contributed by atoms with Crippen LogP contribution in [0.15, 0.2) is 30.3 Å². The van der Waals surface area contributed by atoms with Crippen LogP contribution >= 0.6 is 11.8 Å². The summed E-state index contributed by atoms with van der Waals surface area (Å²) in [6, 6.07) is 6.65. The topological polar surface area (TPSA) is 52.4 Å². The molecule has 0 unspecified atom stereocenters. The predicted octanol–water partition coefficient (Wildman–Crippen LogP) is 4.89. The smallest absolute Gasteiger partial charge is 0.269 e. The van der Waals surface area contributed by atoms with Crippen molar-refractivity contribution in [2.24, 2.45) is 16.7 Å². The van der Waals surface area contributed by atoms with E-state index in [2.05, 4.69) is 19.9 Å². The molecule has 0 amide bonds. The molecule has 4 rings (SSSR count). The van der Waals surface area contributed by atoms with E-state index in [1.807, 2.05) is 17.8 Å². The molecule has 4 atom stereocenters. The van der Waals surface area contributed by atoms with E-state index in [1.54, 1.807) is 24.3 Å². The third-order valence-electron chi connectivity index (χ3n) is 6.71. The van der Waals surface area contributed by atoms with Crippen LogP contribution in [-0.4, -0.2) is 22.2 Å². The van der Waals surface area contributed by atoms with E-state index in [9.17, 15) is 10.1 Å². The average molecular weight is 345 g/mol. The number of rotatable bonds is 3. The van der Waals surface area contributed by atoms with Crippen molar-refractivity contribution in [1.82, 2.24) is 0 Å². The Balaban J connectivity index is 1.44. The van der Waals surface area contributed by atoms with Crippen molar-refractivity contribution in [2.75, 3.05) is 5.75 Å². The fourth-order valence-corrected chi connectivity index (χ4v) is 6.53. The van der Waals surface area contributed by atoms with Gasteiger partial charge in [0.25, 0.3) is 5.69 Å². The Hall–Kier alpha value is -1.33. The van der Waals surface area contributed by atoms with Gasteiger partial charge in [0.15, 0.2) is 0 Å². The molecule has 2 bridgehead atoms. The first kappa shape index (κ1) is 16.2. The highest BCUT2D eigenvalue weighted by molar-refractivity contribution is 8.00. The lowest BCUT2D eigenvalue weighted by Crippen LogP contribution is -2.46. The van der Waals surface area contributed by atoms with E-state index in [0.29, 0.717) is 16.9 Å². The maximum absolute atomic E-state index is 10.7. The van der Waals surface area contributed by atoms with Gasteiger partial charge < -0.3 is 4.74 Å². The van der Waals surface area contributed by atoms with Gasteiger partial charge in [-0.1, -0.05) is 19.9 Å². The Morgan fingerprint density at radius 2 is 2.08 bits per heavy atom. The van der Waals surface area contributed by atoms with Crippen LogP contribution in [0.2, 0.25) is 0 Å². The fraction of sp³-hybridized carbons (Fsp3) is 0.579. The summed E-state index contributed by atoms with van der Waals surface area (Å²) in [7, 11) is 0. The minimum atomic E-state index is -0.371. The van der Waals surface area contributed by atoms with Gasteiger partial charge in [-0.2, -0.15) is 0 Å². The summed E-state index contributed by atoms with van der Waals surface area (Å²) in [5, 5.41) is 10.7. The molecule has 0 N–H and O–H groups in total. The molecule has 5 heteroatoms. The number of benzene rings is 1. The Kier molecular flexibility index (Phi) is 3.77. The highest BCUT2D eigenvalue weighted by atomic mass is 32.2. The van der Waals surface area contributed by atoms with Crippen molar-refractivity contribution < 1.29 is 9.66 Å². The molecule has 0 aromatic heterocycles. The molecule has 1 aromatic carbocycles. The third kappa shape index (κ3) is 2.32. The summed E-state index contributed by atoms with van der Waals surface area (Å²) in [6.45, 7) is 4.86. The monoisotopic (exact) mass is 345 g/mol. The molecule has 1 aliphatic heterocycles. The molecular formula is C19H23NO3S. The molecule has 0 radical (unpaired) electrons. The molecule has 3 aliphatic rings. The van der Waals surface area contributed by atoms with Gasteiger partial charge in [-0.25, -0.2) is 0 Å². The average Bonchev–Trinajstić information content (AvgIpc) is 2.94. The second-order valence-electron chi connectivity index (χ2n) is 7.86. The van der Waals surface area contributed by atoms with Crippen LogP contribution in [0.25, 0.3) is 6.08 Å². The first-order valence-electron chi connectivity index (χ1n) is 8.62. The second-order valence-corrected chi connectivity index (χ2v) is 8.95. The highest BCUT2D eigenvalue weighted by Gasteiger charge is 2.65. The van der Waals surface area contributed by atoms with Gasteiger partial charge >= 0.3 is 0 Å². The number of nitro groups is 1. The van der Waals surface area contributed by atoms with Gasteiger partial charge in [0.2, 0.25) is 0 Å².